The van der Waals surface area contributed by atoms with Crippen LogP contribution in [0, 0.1) is 0 Å². The molecule has 3 N–H and O–H groups in total. The van der Waals surface area contributed by atoms with E-state index in [2.05, 4.69) is 4.72 Å². The van der Waals surface area contributed by atoms with Gasteiger partial charge in [-0.15, -0.1) is 11.8 Å². The maximum Gasteiger partial charge on any atom is 0.261 e. The third-order valence-electron chi connectivity index (χ3n) is 3.64. The lowest BCUT2D eigenvalue weighted by molar-refractivity contribution is 0.601. The fourth-order valence-electron chi connectivity index (χ4n) is 2.39. The first kappa shape index (κ1) is 19.9. The zero-order chi connectivity index (χ0) is 19.4. The van der Waals surface area contributed by atoms with E-state index in [1.165, 1.54) is 23.9 Å². The van der Waals surface area contributed by atoms with Crippen molar-refractivity contribution in [3.8, 4) is 0 Å². The molecule has 3 rings (SSSR count). The van der Waals surface area contributed by atoms with Gasteiger partial charge in [0.2, 0.25) is 0 Å². The Hall–Kier alpha value is -1.86. The van der Waals surface area contributed by atoms with Gasteiger partial charge in [-0.25, -0.2) is 8.42 Å². The zero-order valence-corrected chi connectivity index (χ0v) is 17.2. The van der Waals surface area contributed by atoms with Crippen molar-refractivity contribution in [2.75, 3.05) is 10.5 Å². The van der Waals surface area contributed by atoms with E-state index in [1.54, 1.807) is 30.3 Å². The second kappa shape index (κ2) is 8.44. The van der Waals surface area contributed by atoms with E-state index in [1.807, 2.05) is 24.3 Å². The zero-order valence-electron chi connectivity index (χ0n) is 14.0. The molecule has 0 heterocycles. The van der Waals surface area contributed by atoms with Crippen LogP contribution in [0.3, 0.4) is 0 Å². The van der Waals surface area contributed by atoms with Gasteiger partial charge < -0.3 is 5.73 Å². The molecule has 0 amide bonds. The van der Waals surface area contributed by atoms with E-state index in [4.69, 9.17) is 28.9 Å². The van der Waals surface area contributed by atoms with E-state index in [0.717, 1.165) is 10.5 Å². The Morgan fingerprint density at radius 3 is 2.41 bits per heavy atom. The van der Waals surface area contributed by atoms with Crippen LogP contribution >= 0.6 is 35.0 Å². The summed E-state index contributed by atoms with van der Waals surface area (Å²) in [6.45, 7) is 0. The number of benzene rings is 3. The minimum atomic E-state index is -3.79. The summed E-state index contributed by atoms with van der Waals surface area (Å²) in [6, 6.07) is 18.7. The summed E-state index contributed by atoms with van der Waals surface area (Å²) in [5, 5.41) is 0.785. The lowest BCUT2D eigenvalue weighted by atomic mass is 10.2. The van der Waals surface area contributed by atoms with E-state index >= 15 is 0 Å². The molecule has 27 heavy (non-hydrogen) atoms. The SMILES string of the molecule is Nc1cccc(CSc2ccc(Cl)cc2NS(=O)(=O)c2cccc(Cl)c2)c1. The van der Waals surface area contributed by atoms with Crippen LogP contribution in [0.5, 0.6) is 0 Å². The van der Waals surface area contributed by atoms with Gasteiger partial charge in [0, 0.05) is 26.4 Å². The smallest absolute Gasteiger partial charge is 0.261 e. The molecule has 0 aliphatic rings. The van der Waals surface area contributed by atoms with Gasteiger partial charge in [-0.2, -0.15) is 0 Å². The second-order valence-corrected chi connectivity index (χ2v) is 9.31. The Morgan fingerprint density at radius 2 is 1.67 bits per heavy atom. The number of hydrogen-bond acceptors (Lipinski definition) is 4. The highest BCUT2D eigenvalue weighted by Gasteiger charge is 2.17. The van der Waals surface area contributed by atoms with E-state index in [-0.39, 0.29) is 4.90 Å². The minimum absolute atomic E-state index is 0.0850. The molecule has 0 fully saturated rings. The van der Waals surface area contributed by atoms with E-state index in [9.17, 15) is 8.42 Å². The van der Waals surface area contributed by atoms with Gasteiger partial charge in [0.05, 0.1) is 10.6 Å². The number of anilines is 2. The standard InChI is InChI=1S/C19H16Cl2N2O2S2/c20-14-4-2-6-17(10-14)27(24,25)23-18-11-15(21)7-8-19(18)26-12-13-3-1-5-16(22)9-13/h1-11,23H,12,22H2. The van der Waals surface area contributed by atoms with Gasteiger partial charge in [0.15, 0.2) is 0 Å². The average Bonchev–Trinajstić information content (AvgIpc) is 2.61. The number of halogens is 2. The first-order valence-corrected chi connectivity index (χ1v) is 11.1. The lowest BCUT2D eigenvalue weighted by Gasteiger charge is -2.13. The Bertz CT molecular complexity index is 1070. The summed E-state index contributed by atoms with van der Waals surface area (Å²) in [4.78, 5) is 0.842. The van der Waals surface area contributed by atoms with Crippen molar-refractivity contribution in [3.63, 3.8) is 0 Å². The molecule has 4 nitrogen and oxygen atoms in total. The highest BCUT2D eigenvalue weighted by atomic mass is 35.5. The largest absolute Gasteiger partial charge is 0.399 e. The van der Waals surface area contributed by atoms with Crippen molar-refractivity contribution in [2.24, 2.45) is 0 Å². The molecule has 0 aliphatic carbocycles. The third-order valence-corrected chi connectivity index (χ3v) is 6.62. The molecule has 0 spiro atoms. The predicted molar refractivity (Wildman–Crippen MR) is 114 cm³/mol. The molecule has 0 atom stereocenters. The molecule has 0 saturated carbocycles. The number of nitrogen functional groups attached to an aromatic ring is 1. The lowest BCUT2D eigenvalue weighted by Crippen LogP contribution is -2.13. The Morgan fingerprint density at radius 1 is 0.926 bits per heavy atom. The Balaban J connectivity index is 1.85. The number of thioether (sulfide) groups is 1. The fraction of sp³-hybridized carbons (Fsp3) is 0.0526. The van der Waals surface area contributed by atoms with Crippen LogP contribution in [0.25, 0.3) is 0 Å². The topological polar surface area (TPSA) is 72.2 Å². The minimum Gasteiger partial charge on any atom is -0.399 e. The monoisotopic (exact) mass is 438 g/mol. The van der Waals surface area contributed by atoms with Crippen molar-refractivity contribution < 1.29 is 8.42 Å². The van der Waals surface area contributed by atoms with Gasteiger partial charge in [-0.1, -0.05) is 41.4 Å². The second-order valence-electron chi connectivity index (χ2n) is 5.74. The number of nitrogens with one attached hydrogen (secondary N) is 1. The van der Waals surface area contributed by atoms with Gasteiger partial charge in [0.1, 0.15) is 0 Å². The first-order chi connectivity index (χ1) is 12.8. The van der Waals surface area contributed by atoms with Crippen LogP contribution in [-0.2, 0) is 15.8 Å². The Kier molecular flexibility index (Phi) is 6.22. The highest BCUT2D eigenvalue weighted by Crippen LogP contribution is 2.34. The maximum absolute atomic E-state index is 12.7. The van der Waals surface area contributed by atoms with Crippen LogP contribution in [0.1, 0.15) is 5.56 Å². The molecule has 0 saturated heterocycles. The maximum atomic E-state index is 12.7. The normalized spacial score (nSPS) is 11.3. The van der Waals surface area contributed by atoms with Crippen molar-refractivity contribution in [1.29, 1.82) is 0 Å². The number of hydrogen-bond donors (Lipinski definition) is 2. The molecule has 3 aromatic carbocycles. The number of rotatable bonds is 6. The van der Waals surface area contributed by atoms with Gasteiger partial charge in [0.25, 0.3) is 10.0 Å². The summed E-state index contributed by atoms with van der Waals surface area (Å²) >= 11 is 13.5. The predicted octanol–water partition coefficient (Wildman–Crippen LogP) is 5.67. The van der Waals surface area contributed by atoms with Crippen molar-refractivity contribution in [1.82, 2.24) is 0 Å². The molecular formula is C19H16Cl2N2O2S2. The van der Waals surface area contributed by atoms with Gasteiger partial charge >= 0.3 is 0 Å². The summed E-state index contributed by atoms with van der Waals surface area (Å²) < 4.78 is 28.0. The molecule has 8 heteroatoms. The quantitative estimate of drug-likeness (QED) is 0.384. The molecule has 0 aromatic heterocycles. The molecule has 0 aliphatic heterocycles. The van der Waals surface area contributed by atoms with Crippen molar-refractivity contribution in [2.45, 2.75) is 15.5 Å². The van der Waals surface area contributed by atoms with Crippen LogP contribution < -0.4 is 10.5 Å². The van der Waals surface area contributed by atoms with Crippen molar-refractivity contribution >= 4 is 56.4 Å². The molecule has 0 bridgehead atoms. The molecule has 0 radical (unpaired) electrons. The molecule has 140 valence electrons. The van der Waals surface area contributed by atoms with E-state index < -0.39 is 10.0 Å². The molecular weight excluding hydrogens is 423 g/mol. The molecule has 3 aromatic rings. The Labute approximate surface area is 172 Å². The third kappa shape index (κ3) is 5.32. The summed E-state index contributed by atoms with van der Waals surface area (Å²) in [5.41, 5.74) is 7.95. The van der Waals surface area contributed by atoms with Crippen LogP contribution in [0.2, 0.25) is 10.0 Å². The van der Waals surface area contributed by atoms with Crippen LogP contribution in [-0.4, -0.2) is 8.42 Å². The first-order valence-electron chi connectivity index (χ1n) is 7.89. The highest BCUT2D eigenvalue weighted by molar-refractivity contribution is 7.98. The fourth-order valence-corrected chi connectivity index (χ4v) is 4.93. The van der Waals surface area contributed by atoms with Crippen LogP contribution in [0.15, 0.2) is 76.5 Å². The van der Waals surface area contributed by atoms with Crippen molar-refractivity contribution in [3.05, 3.63) is 82.3 Å². The number of sulfonamides is 1. The van der Waals surface area contributed by atoms with E-state index in [0.29, 0.717) is 27.2 Å². The molecule has 0 unspecified atom stereocenters. The summed E-state index contributed by atoms with van der Waals surface area (Å²) in [6.07, 6.45) is 0. The van der Waals surface area contributed by atoms with Gasteiger partial charge in [-0.3, -0.25) is 4.72 Å². The summed E-state index contributed by atoms with van der Waals surface area (Å²) in [5.74, 6) is 0.637. The average molecular weight is 439 g/mol. The van der Waals surface area contributed by atoms with Gasteiger partial charge in [-0.05, 0) is 54.1 Å². The van der Waals surface area contributed by atoms with Crippen LogP contribution in [0.4, 0.5) is 11.4 Å². The summed E-state index contributed by atoms with van der Waals surface area (Å²) in [7, 11) is -3.79. The number of nitrogens with two attached hydrogens (primary N) is 1.